The topological polar surface area (TPSA) is 88.9 Å². The van der Waals surface area contributed by atoms with Gasteiger partial charge in [0.05, 0.1) is 17.0 Å². The van der Waals surface area contributed by atoms with Gasteiger partial charge in [0.2, 0.25) is 5.91 Å². The molecule has 0 saturated heterocycles. The first-order valence-electron chi connectivity index (χ1n) is 8.71. The van der Waals surface area contributed by atoms with Crippen molar-refractivity contribution in [2.24, 2.45) is 0 Å². The van der Waals surface area contributed by atoms with Gasteiger partial charge in [0.15, 0.2) is 5.16 Å². The van der Waals surface area contributed by atoms with Crippen molar-refractivity contribution in [3.05, 3.63) is 65.5 Å². The summed E-state index contributed by atoms with van der Waals surface area (Å²) >= 11 is 1.28. The molecule has 2 N–H and O–H groups in total. The predicted octanol–water partition coefficient (Wildman–Crippen LogP) is 2.97. The number of rotatable bonds is 6. The second kappa shape index (κ2) is 8.71. The Morgan fingerprint density at radius 2 is 1.89 bits per heavy atom. The first-order valence-corrected chi connectivity index (χ1v) is 9.69. The van der Waals surface area contributed by atoms with Crippen LogP contribution in [0.15, 0.2) is 53.9 Å². The van der Waals surface area contributed by atoms with E-state index >= 15 is 0 Å². The molecule has 0 spiro atoms. The van der Waals surface area contributed by atoms with Crippen LogP contribution in [0.4, 0.5) is 5.69 Å². The van der Waals surface area contributed by atoms with E-state index in [1.54, 1.807) is 37.6 Å². The number of amides is 2. The maximum atomic E-state index is 12.4. The van der Waals surface area contributed by atoms with Gasteiger partial charge >= 0.3 is 0 Å². The highest BCUT2D eigenvalue weighted by Crippen LogP contribution is 2.22. The van der Waals surface area contributed by atoms with E-state index < -0.39 is 0 Å². The minimum atomic E-state index is -0.252. The van der Waals surface area contributed by atoms with Crippen molar-refractivity contribution < 1.29 is 9.59 Å². The normalized spacial score (nSPS) is 10.5. The van der Waals surface area contributed by atoms with Crippen molar-refractivity contribution in [1.82, 2.24) is 20.1 Å². The van der Waals surface area contributed by atoms with Gasteiger partial charge < -0.3 is 10.6 Å². The highest BCUT2D eigenvalue weighted by Gasteiger charge is 2.14. The molecule has 2 amide bonds. The lowest BCUT2D eigenvalue weighted by atomic mass is 10.1. The zero-order chi connectivity index (χ0) is 20.1. The van der Waals surface area contributed by atoms with Gasteiger partial charge in [-0.2, -0.15) is 0 Å². The van der Waals surface area contributed by atoms with Gasteiger partial charge in [-0.25, -0.2) is 0 Å². The molecular weight excluding hydrogens is 374 g/mol. The summed E-state index contributed by atoms with van der Waals surface area (Å²) in [6.45, 7) is 4.11. The number of anilines is 1. The number of nitrogens with one attached hydrogen (secondary N) is 2. The van der Waals surface area contributed by atoms with Gasteiger partial charge in [-0.05, 0) is 49.2 Å². The summed E-state index contributed by atoms with van der Waals surface area (Å²) in [5.41, 5.74) is 4.22. The summed E-state index contributed by atoms with van der Waals surface area (Å²) in [7, 11) is 1.55. The number of carbonyl (C=O) groups excluding carboxylic acids is 2. The summed E-state index contributed by atoms with van der Waals surface area (Å²) in [5.74, 6) is -0.333. The molecule has 0 saturated carbocycles. The van der Waals surface area contributed by atoms with Crippen LogP contribution < -0.4 is 10.6 Å². The number of carbonyl (C=O) groups is 2. The summed E-state index contributed by atoms with van der Waals surface area (Å²) in [5, 5.41) is 14.1. The molecule has 144 valence electrons. The third kappa shape index (κ3) is 4.40. The van der Waals surface area contributed by atoms with Crippen LogP contribution in [0.1, 0.15) is 21.5 Å². The summed E-state index contributed by atoms with van der Waals surface area (Å²) in [4.78, 5) is 24.3. The second-order valence-electron chi connectivity index (χ2n) is 6.21. The molecule has 1 heterocycles. The van der Waals surface area contributed by atoms with Crippen molar-refractivity contribution in [1.29, 1.82) is 0 Å². The molecule has 7 nitrogen and oxygen atoms in total. The van der Waals surface area contributed by atoms with Crippen molar-refractivity contribution in [3.8, 4) is 5.69 Å². The largest absolute Gasteiger partial charge is 0.355 e. The molecule has 2 aromatic carbocycles. The Morgan fingerprint density at radius 1 is 1.11 bits per heavy atom. The molecule has 1 aromatic heterocycles. The van der Waals surface area contributed by atoms with E-state index in [0.717, 1.165) is 5.69 Å². The Hall–Kier alpha value is -3.13. The first-order chi connectivity index (χ1) is 13.5. The van der Waals surface area contributed by atoms with Gasteiger partial charge in [-0.15, -0.1) is 10.2 Å². The van der Waals surface area contributed by atoms with Crippen LogP contribution in [0.5, 0.6) is 0 Å². The molecule has 0 unspecified atom stereocenters. The maximum Gasteiger partial charge on any atom is 0.253 e. The van der Waals surface area contributed by atoms with Gasteiger partial charge in [-0.3, -0.25) is 14.2 Å². The van der Waals surface area contributed by atoms with E-state index in [9.17, 15) is 9.59 Å². The van der Waals surface area contributed by atoms with Gasteiger partial charge in [0.1, 0.15) is 6.33 Å². The molecule has 0 aliphatic carbocycles. The van der Waals surface area contributed by atoms with Crippen molar-refractivity contribution in [3.63, 3.8) is 0 Å². The molecule has 0 bridgehead atoms. The lowest BCUT2D eigenvalue weighted by Crippen LogP contribution is -2.22. The van der Waals surface area contributed by atoms with Gasteiger partial charge in [0.25, 0.3) is 5.91 Å². The van der Waals surface area contributed by atoms with E-state index in [0.29, 0.717) is 16.4 Å². The van der Waals surface area contributed by atoms with Crippen LogP contribution in [0, 0.1) is 13.8 Å². The molecule has 8 heteroatoms. The number of hydrogen-bond acceptors (Lipinski definition) is 5. The maximum absolute atomic E-state index is 12.4. The molecule has 28 heavy (non-hydrogen) atoms. The fourth-order valence-corrected chi connectivity index (χ4v) is 3.35. The highest BCUT2D eigenvalue weighted by atomic mass is 32.2. The highest BCUT2D eigenvalue weighted by molar-refractivity contribution is 7.99. The predicted molar refractivity (Wildman–Crippen MR) is 110 cm³/mol. The lowest BCUT2D eigenvalue weighted by molar-refractivity contribution is -0.113. The van der Waals surface area contributed by atoms with E-state index in [4.69, 9.17) is 0 Å². The number of benzene rings is 2. The number of nitrogens with zero attached hydrogens (tertiary/aromatic N) is 3. The zero-order valence-electron chi connectivity index (χ0n) is 15.9. The van der Waals surface area contributed by atoms with Crippen molar-refractivity contribution >= 4 is 29.3 Å². The molecule has 0 atom stereocenters. The standard InChI is InChI=1S/C20H21N5O2S/c1-13-8-9-15(10-14(13)2)25-12-22-24-20(25)28-11-18(26)23-17-7-5-4-6-16(17)19(27)21-3/h4-10,12H,11H2,1-3H3,(H,21,27)(H,23,26). The smallest absolute Gasteiger partial charge is 0.253 e. The fraction of sp³-hybridized carbons (Fsp3) is 0.200. The molecule has 3 rings (SSSR count). The monoisotopic (exact) mass is 395 g/mol. The molecular formula is C20H21N5O2S. The van der Waals surface area contributed by atoms with Crippen molar-refractivity contribution in [2.75, 3.05) is 18.1 Å². The molecule has 3 aromatic rings. The van der Waals surface area contributed by atoms with Crippen LogP contribution >= 0.6 is 11.8 Å². The van der Waals surface area contributed by atoms with Gasteiger partial charge in [-0.1, -0.05) is 30.0 Å². The Kier molecular flexibility index (Phi) is 6.10. The number of aromatic nitrogens is 3. The Balaban J connectivity index is 1.69. The minimum Gasteiger partial charge on any atom is -0.355 e. The molecule has 0 radical (unpaired) electrons. The summed E-state index contributed by atoms with van der Waals surface area (Å²) < 4.78 is 1.85. The van der Waals surface area contributed by atoms with Crippen LogP contribution in [0.25, 0.3) is 5.69 Å². The van der Waals surface area contributed by atoms with Crippen LogP contribution in [0.2, 0.25) is 0 Å². The minimum absolute atomic E-state index is 0.144. The summed E-state index contributed by atoms with van der Waals surface area (Å²) in [6.07, 6.45) is 1.63. The van der Waals surface area contributed by atoms with Crippen molar-refractivity contribution in [2.45, 2.75) is 19.0 Å². The first kappa shape index (κ1) is 19.6. The Morgan fingerprint density at radius 3 is 2.64 bits per heavy atom. The van der Waals surface area contributed by atoms with E-state index in [-0.39, 0.29) is 17.6 Å². The second-order valence-corrected chi connectivity index (χ2v) is 7.16. The zero-order valence-corrected chi connectivity index (χ0v) is 16.7. The number of hydrogen-bond donors (Lipinski definition) is 2. The van der Waals surface area contributed by atoms with Crippen LogP contribution in [-0.4, -0.2) is 39.4 Å². The third-order valence-electron chi connectivity index (χ3n) is 4.29. The number of para-hydroxylation sites is 1. The van der Waals surface area contributed by atoms with Crippen LogP contribution in [0.3, 0.4) is 0 Å². The Bertz CT molecular complexity index is 1020. The Labute approximate surface area is 167 Å². The average molecular weight is 395 g/mol. The molecule has 0 aliphatic heterocycles. The fourth-order valence-electron chi connectivity index (χ4n) is 2.62. The van der Waals surface area contributed by atoms with E-state index in [1.807, 2.05) is 23.6 Å². The molecule has 0 fully saturated rings. The number of aryl methyl sites for hydroxylation is 2. The third-order valence-corrected chi connectivity index (χ3v) is 5.23. The average Bonchev–Trinajstić information content (AvgIpc) is 3.17. The van der Waals surface area contributed by atoms with Gasteiger partial charge in [0, 0.05) is 12.7 Å². The molecule has 0 aliphatic rings. The lowest BCUT2D eigenvalue weighted by Gasteiger charge is -2.10. The van der Waals surface area contributed by atoms with E-state index in [1.165, 1.54) is 22.9 Å². The SMILES string of the molecule is CNC(=O)c1ccccc1NC(=O)CSc1nncn1-c1ccc(C)c(C)c1. The number of thioether (sulfide) groups is 1. The summed E-state index contributed by atoms with van der Waals surface area (Å²) in [6, 6.07) is 13.0. The van der Waals surface area contributed by atoms with Crippen LogP contribution in [-0.2, 0) is 4.79 Å². The van der Waals surface area contributed by atoms with E-state index in [2.05, 4.69) is 33.8 Å². The quantitative estimate of drug-likeness (QED) is 0.627.